The van der Waals surface area contributed by atoms with E-state index in [1.807, 2.05) is 0 Å². The number of hydrogen-bond acceptors (Lipinski definition) is 2. The van der Waals surface area contributed by atoms with Gasteiger partial charge in [-0.05, 0) is 49.4 Å². The first-order valence-corrected chi connectivity index (χ1v) is 7.81. The molecule has 106 valence electrons. The van der Waals surface area contributed by atoms with Crippen molar-refractivity contribution in [3.05, 3.63) is 29.8 Å². The van der Waals surface area contributed by atoms with Crippen molar-refractivity contribution in [2.75, 3.05) is 19.7 Å². The van der Waals surface area contributed by atoms with Gasteiger partial charge in [-0.3, -0.25) is 0 Å². The highest BCUT2D eigenvalue weighted by atomic mass is 16.5. The maximum Gasteiger partial charge on any atom is 0.119 e. The Morgan fingerprint density at radius 2 is 1.89 bits per heavy atom. The number of nitrogens with one attached hydrogen (secondary N) is 1. The van der Waals surface area contributed by atoms with Gasteiger partial charge in [-0.15, -0.1) is 0 Å². The van der Waals surface area contributed by atoms with E-state index < -0.39 is 0 Å². The maximum atomic E-state index is 5.74. The second-order valence-corrected chi connectivity index (χ2v) is 5.60. The van der Waals surface area contributed by atoms with Crippen LogP contribution in [0.25, 0.3) is 0 Å². The highest BCUT2D eigenvalue weighted by Gasteiger charge is 2.13. The lowest BCUT2D eigenvalue weighted by atomic mass is 10.1. The van der Waals surface area contributed by atoms with Crippen LogP contribution in [0.15, 0.2) is 24.3 Å². The van der Waals surface area contributed by atoms with E-state index in [0.29, 0.717) is 0 Å². The second kappa shape index (κ2) is 8.21. The molecule has 0 spiro atoms. The summed E-state index contributed by atoms with van der Waals surface area (Å²) in [5, 5.41) is 3.50. The smallest absolute Gasteiger partial charge is 0.119 e. The standard InChI is InChI=1S/C17H27NO/c1-2-5-15-8-10-17(11-9-15)19-13-12-18-14-16-6-3-4-7-16/h8-11,16,18H,2-7,12-14H2,1H3. The molecular weight excluding hydrogens is 234 g/mol. The molecular formula is C17H27NO. The normalized spacial score (nSPS) is 15.8. The summed E-state index contributed by atoms with van der Waals surface area (Å²) >= 11 is 0. The van der Waals surface area contributed by atoms with Gasteiger partial charge in [-0.1, -0.05) is 38.3 Å². The van der Waals surface area contributed by atoms with Crippen LogP contribution in [-0.4, -0.2) is 19.7 Å². The number of benzene rings is 1. The summed E-state index contributed by atoms with van der Waals surface area (Å²) in [6, 6.07) is 8.51. The van der Waals surface area contributed by atoms with Crippen molar-refractivity contribution in [2.45, 2.75) is 45.4 Å². The van der Waals surface area contributed by atoms with E-state index >= 15 is 0 Å². The Kier molecular flexibility index (Phi) is 6.22. The quantitative estimate of drug-likeness (QED) is 0.719. The predicted octanol–water partition coefficient (Wildman–Crippen LogP) is 3.80. The lowest BCUT2D eigenvalue weighted by molar-refractivity contribution is 0.308. The molecule has 0 heterocycles. The predicted molar refractivity (Wildman–Crippen MR) is 80.8 cm³/mol. The van der Waals surface area contributed by atoms with Gasteiger partial charge in [0.15, 0.2) is 0 Å². The number of rotatable bonds is 8. The van der Waals surface area contributed by atoms with Crippen LogP contribution in [0.3, 0.4) is 0 Å². The molecule has 1 aromatic rings. The van der Waals surface area contributed by atoms with Gasteiger partial charge in [-0.25, -0.2) is 0 Å². The third-order valence-electron chi connectivity index (χ3n) is 3.92. The SMILES string of the molecule is CCCc1ccc(OCCNCC2CCCC2)cc1. The van der Waals surface area contributed by atoms with Gasteiger partial charge in [0.05, 0.1) is 0 Å². The van der Waals surface area contributed by atoms with Crippen molar-refractivity contribution in [3.8, 4) is 5.75 Å². The fraction of sp³-hybridized carbons (Fsp3) is 0.647. The number of hydrogen-bond donors (Lipinski definition) is 1. The number of ether oxygens (including phenoxy) is 1. The topological polar surface area (TPSA) is 21.3 Å². The average Bonchev–Trinajstić information content (AvgIpc) is 2.94. The lowest BCUT2D eigenvalue weighted by Crippen LogP contribution is -2.26. The average molecular weight is 261 g/mol. The molecule has 1 aliphatic rings. The Labute approximate surface area is 117 Å². The van der Waals surface area contributed by atoms with Crippen molar-refractivity contribution in [2.24, 2.45) is 5.92 Å². The second-order valence-electron chi connectivity index (χ2n) is 5.60. The maximum absolute atomic E-state index is 5.74. The minimum atomic E-state index is 0.764. The summed E-state index contributed by atoms with van der Waals surface area (Å²) in [5.74, 6) is 1.90. The highest BCUT2D eigenvalue weighted by Crippen LogP contribution is 2.23. The molecule has 0 atom stereocenters. The fourth-order valence-corrected chi connectivity index (χ4v) is 2.80. The van der Waals surface area contributed by atoms with Crippen molar-refractivity contribution in [1.29, 1.82) is 0 Å². The first-order chi connectivity index (χ1) is 9.38. The molecule has 1 N–H and O–H groups in total. The zero-order chi connectivity index (χ0) is 13.3. The summed E-state index contributed by atoms with van der Waals surface area (Å²) in [5.41, 5.74) is 1.40. The van der Waals surface area contributed by atoms with Gasteiger partial charge in [-0.2, -0.15) is 0 Å². The minimum absolute atomic E-state index is 0.764. The molecule has 0 amide bonds. The van der Waals surface area contributed by atoms with Crippen LogP contribution >= 0.6 is 0 Å². The molecule has 1 fully saturated rings. The van der Waals surface area contributed by atoms with Crippen molar-refractivity contribution >= 4 is 0 Å². The van der Waals surface area contributed by atoms with Crippen molar-refractivity contribution in [3.63, 3.8) is 0 Å². The van der Waals surface area contributed by atoms with Gasteiger partial charge in [0.2, 0.25) is 0 Å². The molecule has 2 heteroatoms. The Morgan fingerprint density at radius 3 is 2.58 bits per heavy atom. The monoisotopic (exact) mass is 261 g/mol. The Bertz CT molecular complexity index is 341. The van der Waals surface area contributed by atoms with Crippen LogP contribution in [0, 0.1) is 5.92 Å². The van der Waals surface area contributed by atoms with E-state index in [1.165, 1.54) is 44.2 Å². The Hall–Kier alpha value is -1.02. The minimum Gasteiger partial charge on any atom is -0.492 e. The van der Waals surface area contributed by atoms with E-state index in [2.05, 4.69) is 36.5 Å². The first kappa shape index (κ1) is 14.4. The molecule has 2 rings (SSSR count). The van der Waals surface area contributed by atoms with Gasteiger partial charge < -0.3 is 10.1 Å². The molecule has 0 radical (unpaired) electrons. The summed E-state index contributed by atoms with van der Waals surface area (Å²) in [7, 11) is 0. The zero-order valence-electron chi connectivity index (χ0n) is 12.2. The van der Waals surface area contributed by atoms with E-state index in [9.17, 15) is 0 Å². The molecule has 0 aliphatic heterocycles. The summed E-state index contributed by atoms with van der Waals surface area (Å²) in [6.45, 7) is 5.09. The molecule has 2 nitrogen and oxygen atoms in total. The van der Waals surface area contributed by atoms with Gasteiger partial charge in [0, 0.05) is 6.54 Å². The van der Waals surface area contributed by atoms with Crippen LogP contribution in [0.4, 0.5) is 0 Å². The molecule has 1 aliphatic carbocycles. The van der Waals surface area contributed by atoms with Gasteiger partial charge >= 0.3 is 0 Å². The molecule has 0 aromatic heterocycles. The van der Waals surface area contributed by atoms with Crippen LogP contribution < -0.4 is 10.1 Å². The third-order valence-corrected chi connectivity index (χ3v) is 3.92. The van der Waals surface area contributed by atoms with Crippen LogP contribution in [0.1, 0.15) is 44.6 Å². The molecule has 0 bridgehead atoms. The van der Waals surface area contributed by atoms with Crippen LogP contribution in [0.5, 0.6) is 5.75 Å². The summed E-state index contributed by atoms with van der Waals surface area (Å²) in [4.78, 5) is 0. The highest BCUT2D eigenvalue weighted by molar-refractivity contribution is 5.27. The summed E-state index contributed by atoms with van der Waals surface area (Å²) < 4.78 is 5.74. The molecule has 19 heavy (non-hydrogen) atoms. The van der Waals surface area contributed by atoms with Gasteiger partial charge in [0.1, 0.15) is 12.4 Å². The molecule has 1 aromatic carbocycles. The Balaban J connectivity index is 1.57. The van der Waals surface area contributed by atoms with E-state index in [1.54, 1.807) is 0 Å². The Morgan fingerprint density at radius 1 is 1.16 bits per heavy atom. The third kappa shape index (κ3) is 5.23. The number of aryl methyl sites for hydroxylation is 1. The van der Waals surface area contributed by atoms with Crippen molar-refractivity contribution < 1.29 is 4.74 Å². The van der Waals surface area contributed by atoms with Crippen LogP contribution in [0.2, 0.25) is 0 Å². The summed E-state index contributed by atoms with van der Waals surface area (Å²) in [6.07, 6.45) is 8.02. The van der Waals surface area contributed by atoms with E-state index in [-0.39, 0.29) is 0 Å². The fourth-order valence-electron chi connectivity index (χ4n) is 2.80. The van der Waals surface area contributed by atoms with E-state index in [0.717, 1.165) is 31.2 Å². The van der Waals surface area contributed by atoms with Crippen molar-refractivity contribution in [1.82, 2.24) is 5.32 Å². The zero-order valence-corrected chi connectivity index (χ0v) is 12.2. The molecule has 0 saturated heterocycles. The largest absolute Gasteiger partial charge is 0.492 e. The van der Waals surface area contributed by atoms with Crippen LogP contribution in [-0.2, 0) is 6.42 Å². The van der Waals surface area contributed by atoms with E-state index in [4.69, 9.17) is 4.74 Å². The van der Waals surface area contributed by atoms with Gasteiger partial charge in [0.25, 0.3) is 0 Å². The molecule has 1 saturated carbocycles. The first-order valence-electron chi connectivity index (χ1n) is 7.81. The molecule has 0 unspecified atom stereocenters. The lowest BCUT2D eigenvalue weighted by Gasteiger charge is -2.11.